The van der Waals surface area contributed by atoms with Crippen LogP contribution in [0.3, 0.4) is 0 Å². The number of thiophene rings is 1. The number of hydrogen-bond donors (Lipinski definition) is 2. The fourth-order valence-corrected chi connectivity index (χ4v) is 3.47. The van der Waals surface area contributed by atoms with Gasteiger partial charge in [0.2, 0.25) is 5.65 Å². The summed E-state index contributed by atoms with van der Waals surface area (Å²) in [6, 6.07) is 16.7. The van der Waals surface area contributed by atoms with Gasteiger partial charge in [-0.05, 0) is 41.8 Å². The Morgan fingerprint density at radius 1 is 1.15 bits per heavy atom. The number of aromatic amines is 1. The second kappa shape index (κ2) is 7.19. The predicted octanol–water partition coefficient (Wildman–Crippen LogP) is 4.15. The number of amides is 1. The number of nitrogens with one attached hydrogen (secondary N) is 2. The molecule has 1 amide bonds. The maximum atomic E-state index is 12.4. The largest absolute Gasteiger partial charge is 0.482 e. The van der Waals surface area contributed by atoms with E-state index in [1.807, 2.05) is 46.3 Å². The minimum absolute atomic E-state index is 0.0917. The van der Waals surface area contributed by atoms with Crippen LogP contribution in [0, 0.1) is 0 Å². The Hall–Kier alpha value is -2.83. The molecule has 7 heteroatoms. The molecule has 1 aromatic carbocycles. The van der Waals surface area contributed by atoms with Crippen molar-refractivity contribution in [3.8, 4) is 16.3 Å². The van der Waals surface area contributed by atoms with Crippen LogP contribution in [0.25, 0.3) is 16.2 Å². The molecule has 0 radical (unpaired) electrons. The highest BCUT2D eigenvalue weighted by Gasteiger charge is 2.23. The second-order valence-corrected chi connectivity index (χ2v) is 6.96. The lowest BCUT2D eigenvalue weighted by molar-refractivity contribution is -0.493. The van der Waals surface area contributed by atoms with Gasteiger partial charge in [0.25, 0.3) is 5.82 Å². The summed E-state index contributed by atoms with van der Waals surface area (Å²) in [6.45, 7) is -0.0917. The summed E-state index contributed by atoms with van der Waals surface area (Å²) < 4.78 is 7.44. The van der Waals surface area contributed by atoms with Gasteiger partial charge in [0, 0.05) is 11.1 Å². The molecule has 5 nitrogen and oxygen atoms in total. The van der Waals surface area contributed by atoms with Gasteiger partial charge >= 0.3 is 5.91 Å². The molecule has 0 bridgehead atoms. The first-order valence-electron chi connectivity index (χ1n) is 7.95. The number of benzene rings is 1. The SMILES string of the molecule is O=C(COc1ccc(Cl)cc1)Nc1c(-c2cccs2)[nH]c2cccc[n+]12. The molecular weight excluding hydrogens is 370 g/mol. The zero-order chi connectivity index (χ0) is 17.9. The van der Waals surface area contributed by atoms with Crippen molar-refractivity contribution >= 4 is 40.3 Å². The third-order valence-electron chi connectivity index (χ3n) is 3.80. The van der Waals surface area contributed by atoms with E-state index in [9.17, 15) is 4.79 Å². The highest BCUT2D eigenvalue weighted by Crippen LogP contribution is 2.28. The lowest BCUT2D eigenvalue weighted by Crippen LogP contribution is -2.29. The topological polar surface area (TPSA) is 58.2 Å². The van der Waals surface area contributed by atoms with E-state index in [1.54, 1.807) is 35.6 Å². The van der Waals surface area contributed by atoms with Crippen molar-refractivity contribution in [2.45, 2.75) is 0 Å². The molecule has 0 unspecified atom stereocenters. The maximum absolute atomic E-state index is 12.4. The first kappa shape index (κ1) is 16.6. The number of ether oxygens (including phenoxy) is 1. The van der Waals surface area contributed by atoms with Gasteiger partial charge in [-0.25, -0.2) is 9.72 Å². The third kappa shape index (κ3) is 3.42. The molecule has 0 aliphatic carbocycles. The summed E-state index contributed by atoms with van der Waals surface area (Å²) in [5.74, 6) is 1.04. The summed E-state index contributed by atoms with van der Waals surface area (Å²) in [5, 5.41) is 5.58. The van der Waals surface area contributed by atoms with Crippen molar-refractivity contribution < 1.29 is 13.9 Å². The minimum Gasteiger partial charge on any atom is -0.482 e. The smallest absolute Gasteiger partial charge is 0.318 e. The maximum Gasteiger partial charge on any atom is 0.318 e. The fourth-order valence-electron chi connectivity index (χ4n) is 2.62. The van der Waals surface area contributed by atoms with Crippen LogP contribution in [0.5, 0.6) is 5.75 Å². The molecule has 3 aromatic heterocycles. The van der Waals surface area contributed by atoms with E-state index in [4.69, 9.17) is 16.3 Å². The molecule has 26 heavy (non-hydrogen) atoms. The monoisotopic (exact) mass is 384 g/mol. The number of rotatable bonds is 5. The molecule has 0 saturated heterocycles. The van der Waals surface area contributed by atoms with Crippen LogP contribution in [0.2, 0.25) is 5.02 Å². The number of aromatic nitrogens is 2. The number of halogens is 1. The molecule has 4 rings (SSSR count). The molecule has 0 atom stereocenters. The average molecular weight is 385 g/mol. The summed E-state index contributed by atoms with van der Waals surface area (Å²) in [4.78, 5) is 16.8. The van der Waals surface area contributed by atoms with Crippen molar-refractivity contribution in [1.82, 2.24) is 4.98 Å². The number of hydrogen-bond acceptors (Lipinski definition) is 3. The highest BCUT2D eigenvalue weighted by molar-refractivity contribution is 7.13. The van der Waals surface area contributed by atoms with Gasteiger partial charge < -0.3 is 4.74 Å². The Kier molecular flexibility index (Phi) is 4.60. The number of carbonyl (C=O) groups excluding carboxylic acids is 1. The van der Waals surface area contributed by atoms with Crippen LogP contribution in [0.4, 0.5) is 5.82 Å². The van der Waals surface area contributed by atoms with Gasteiger partial charge in [0.1, 0.15) is 5.75 Å². The molecule has 0 saturated carbocycles. The Balaban J connectivity index is 1.57. The summed E-state index contributed by atoms with van der Waals surface area (Å²) in [5.41, 5.74) is 1.76. The zero-order valence-corrected chi connectivity index (χ0v) is 15.2. The molecule has 0 spiro atoms. The van der Waals surface area contributed by atoms with Crippen LogP contribution in [-0.4, -0.2) is 17.5 Å². The van der Waals surface area contributed by atoms with Gasteiger partial charge in [-0.2, -0.15) is 0 Å². The number of nitrogens with zero attached hydrogens (tertiary/aromatic N) is 1. The second-order valence-electron chi connectivity index (χ2n) is 5.57. The van der Waals surface area contributed by atoms with Gasteiger partial charge in [0.05, 0.1) is 11.1 Å². The van der Waals surface area contributed by atoms with Crippen LogP contribution in [0.1, 0.15) is 0 Å². The van der Waals surface area contributed by atoms with Crippen molar-refractivity contribution in [3.63, 3.8) is 0 Å². The third-order valence-corrected chi connectivity index (χ3v) is 4.94. The van der Waals surface area contributed by atoms with Gasteiger partial charge in [0.15, 0.2) is 12.3 Å². The molecular formula is C19H15ClN3O2S+. The van der Waals surface area contributed by atoms with E-state index in [1.165, 1.54) is 0 Å². The Labute approximate surface area is 158 Å². The van der Waals surface area contributed by atoms with Crippen LogP contribution in [-0.2, 0) is 4.79 Å². The highest BCUT2D eigenvalue weighted by atomic mass is 35.5. The number of anilines is 1. The average Bonchev–Trinajstić information content (AvgIpc) is 3.30. The number of H-pyrrole nitrogens is 1. The number of pyridine rings is 1. The fraction of sp³-hybridized carbons (Fsp3) is 0.0526. The Bertz CT molecular complexity index is 1040. The quantitative estimate of drug-likeness (QED) is 0.508. The van der Waals surface area contributed by atoms with Gasteiger partial charge in [-0.15, -0.1) is 11.3 Å². The van der Waals surface area contributed by atoms with E-state index >= 15 is 0 Å². The van der Waals surface area contributed by atoms with Crippen molar-refractivity contribution in [1.29, 1.82) is 0 Å². The van der Waals surface area contributed by atoms with E-state index in [0.717, 1.165) is 16.2 Å². The van der Waals surface area contributed by atoms with Crippen LogP contribution in [0.15, 0.2) is 66.2 Å². The normalized spacial score (nSPS) is 10.8. The van der Waals surface area contributed by atoms with Crippen LogP contribution < -0.4 is 14.5 Å². The van der Waals surface area contributed by atoms with Crippen molar-refractivity contribution in [2.24, 2.45) is 0 Å². The lowest BCUT2D eigenvalue weighted by atomic mass is 10.3. The first-order chi connectivity index (χ1) is 12.7. The molecule has 2 N–H and O–H groups in total. The van der Waals surface area contributed by atoms with Gasteiger partial charge in [-0.3, -0.25) is 9.78 Å². The molecule has 3 heterocycles. The summed E-state index contributed by atoms with van der Waals surface area (Å²) in [7, 11) is 0. The molecule has 0 aliphatic heterocycles. The lowest BCUT2D eigenvalue weighted by Gasteiger charge is -2.05. The van der Waals surface area contributed by atoms with E-state index in [2.05, 4.69) is 10.3 Å². The Morgan fingerprint density at radius 3 is 2.77 bits per heavy atom. The van der Waals surface area contributed by atoms with Crippen LogP contribution >= 0.6 is 22.9 Å². The number of imidazole rings is 1. The molecule has 0 aliphatic rings. The minimum atomic E-state index is -0.241. The zero-order valence-electron chi connectivity index (χ0n) is 13.6. The molecule has 4 aromatic rings. The van der Waals surface area contributed by atoms with E-state index in [-0.39, 0.29) is 12.5 Å². The summed E-state index contributed by atoms with van der Waals surface area (Å²) >= 11 is 7.46. The van der Waals surface area contributed by atoms with E-state index < -0.39 is 0 Å². The standard InChI is InChI=1S/C19H14ClN3O2S/c20-13-6-8-14(9-7-13)25-12-17(24)22-19-18(15-4-3-11-26-15)21-16-5-1-2-10-23(16)19/h1-11H,12H2,(H,22,24)/p+1. The number of fused-ring (bicyclic) bond motifs is 1. The first-order valence-corrected chi connectivity index (χ1v) is 9.21. The van der Waals surface area contributed by atoms with E-state index in [0.29, 0.717) is 16.6 Å². The van der Waals surface area contributed by atoms with Crippen molar-refractivity contribution in [2.75, 3.05) is 11.9 Å². The molecule has 130 valence electrons. The molecule has 0 fully saturated rings. The Morgan fingerprint density at radius 2 is 2.00 bits per heavy atom. The number of carbonyl (C=O) groups is 1. The van der Waals surface area contributed by atoms with Crippen molar-refractivity contribution in [3.05, 3.63) is 71.2 Å². The van der Waals surface area contributed by atoms with Gasteiger partial charge in [-0.1, -0.05) is 23.7 Å². The summed E-state index contributed by atoms with van der Waals surface area (Å²) in [6.07, 6.45) is 1.90. The predicted molar refractivity (Wildman–Crippen MR) is 103 cm³/mol.